The van der Waals surface area contributed by atoms with Crippen molar-refractivity contribution in [3.05, 3.63) is 23.9 Å². The van der Waals surface area contributed by atoms with Crippen LogP contribution in [-0.4, -0.2) is 16.1 Å². The highest BCUT2D eigenvalue weighted by molar-refractivity contribution is 9.10. The Morgan fingerprint density at radius 1 is 1.46 bits per heavy atom. The summed E-state index contributed by atoms with van der Waals surface area (Å²) in [5.41, 5.74) is 0.656. The predicted octanol–water partition coefficient (Wildman–Crippen LogP) is 2.42. The molecular formula is C8H6BrClN2O. The molecule has 3 unspecified atom stereocenters. The lowest BCUT2D eigenvalue weighted by molar-refractivity contribution is -0.120. The van der Waals surface area contributed by atoms with Crippen LogP contribution in [0.1, 0.15) is 0 Å². The Kier molecular flexibility index (Phi) is 2.34. The molecule has 0 saturated carbocycles. The van der Waals surface area contributed by atoms with Gasteiger partial charge in [-0.25, -0.2) is 0 Å². The smallest absolute Gasteiger partial charge is 0.185 e. The molecule has 0 aromatic rings. The molecule has 0 spiro atoms. The quantitative estimate of drug-likeness (QED) is 0.375. The Balaban J connectivity index is 2.37. The van der Waals surface area contributed by atoms with Crippen LogP contribution < -0.4 is 0 Å². The zero-order valence-electron chi connectivity index (χ0n) is 6.52. The van der Waals surface area contributed by atoms with Gasteiger partial charge in [0.25, 0.3) is 0 Å². The lowest BCUT2D eigenvalue weighted by Gasteiger charge is -2.21. The maximum Gasteiger partial charge on any atom is 0.185 e. The second kappa shape index (κ2) is 3.35. The minimum Gasteiger partial charge on any atom is -0.295 e. The maximum absolute atomic E-state index is 11.5. The lowest BCUT2D eigenvalue weighted by Crippen LogP contribution is -2.27. The first-order valence-electron chi connectivity index (χ1n) is 3.81. The number of hydrogen-bond donors (Lipinski definition) is 0. The number of ketones is 1. The van der Waals surface area contributed by atoms with Crippen LogP contribution in [0.25, 0.3) is 0 Å². The average Bonchev–Trinajstić information content (AvgIpc) is 2.12. The first kappa shape index (κ1) is 9.09. The van der Waals surface area contributed by atoms with Gasteiger partial charge in [0.1, 0.15) is 0 Å². The van der Waals surface area contributed by atoms with E-state index in [-0.39, 0.29) is 17.1 Å². The largest absolute Gasteiger partial charge is 0.295 e. The van der Waals surface area contributed by atoms with Gasteiger partial charge < -0.3 is 0 Å². The third kappa shape index (κ3) is 1.60. The Labute approximate surface area is 88.7 Å². The van der Waals surface area contributed by atoms with E-state index < -0.39 is 4.95 Å². The van der Waals surface area contributed by atoms with Gasteiger partial charge in [-0.3, -0.25) is 4.79 Å². The van der Waals surface area contributed by atoms with Gasteiger partial charge in [0.15, 0.2) is 10.7 Å². The number of azo groups is 1. The minimum absolute atomic E-state index is 0.0149. The lowest BCUT2D eigenvalue weighted by atomic mass is 9.94. The molecule has 0 fully saturated rings. The van der Waals surface area contributed by atoms with Crippen LogP contribution in [0, 0.1) is 5.92 Å². The zero-order chi connectivity index (χ0) is 9.42. The maximum atomic E-state index is 11.5. The van der Waals surface area contributed by atoms with Crippen LogP contribution in [0.3, 0.4) is 0 Å². The number of rotatable bonds is 0. The fourth-order valence-electron chi connectivity index (χ4n) is 1.30. The highest BCUT2D eigenvalue weighted by atomic mass is 79.9. The van der Waals surface area contributed by atoms with Gasteiger partial charge in [0, 0.05) is 0 Å². The Morgan fingerprint density at radius 2 is 2.23 bits per heavy atom. The number of carbonyl (C=O) groups is 1. The Bertz CT molecular complexity index is 337. The highest BCUT2D eigenvalue weighted by Gasteiger charge is 2.32. The molecule has 2 aliphatic rings. The molecule has 1 aliphatic heterocycles. The predicted molar refractivity (Wildman–Crippen MR) is 52.9 cm³/mol. The summed E-state index contributed by atoms with van der Waals surface area (Å²) in [6.07, 6.45) is 5.31. The summed E-state index contributed by atoms with van der Waals surface area (Å²) < 4.78 is 0. The van der Waals surface area contributed by atoms with Gasteiger partial charge in [0.05, 0.1) is 17.0 Å². The fraction of sp³-hybridized carbons (Fsp3) is 0.375. The van der Waals surface area contributed by atoms with Gasteiger partial charge in [-0.15, -0.1) is 11.6 Å². The van der Waals surface area contributed by atoms with Crippen molar-refractivity contribution in [2.75, 3.05) is 0 Å². The molecule has 0 radical (unpaired) electrons. The van der Waals surface area contributed by atoms with Gasteiger partial charge in [0.2, 0.25) is 0 Å². The Morgan fingerprint density at radius 3 is 3.00 bits per heavy atom. The summed E-state index contributed by atoms with van der Waals surface area (Å²) in [5, 5.41) is 7.50. The van der Waals surface area contributed by atoms with Crippen LogP contribution >= 0.6 is 27.5 Å². The second-order valence-corrected chi connectivity index (χ2v) is 4.22. The normalized spacial score (nSPS) is 37.2. The molecule has 1 heterocycles. The van der Waals surface area contributed by atoms with Crippen molar-refractivity contribution in [2.45, 2.75) is 10.3 Å². The number of allylic oxidation sites excluding steroid dienone is 3. The first-order valence-corrected chi connectivity index (χ1v) is 5.16. The van der Waals surface area contributed by atoms with Crippen molar-refractivity contribution < 1.29 is 4.79 Å². The fourth-order valence-corrected chi connectivity index (χ4v) is 1.89. The van der Waals surface area contributed by atoms with Gasteiger partial charge in [-0.05, 0) is 6.08 Å². The molecule has 2 rings (SSSR count). The number of halogens is 2. The molecule has 0 saturated heterocycles. The van der Waals surface area contributed by atoms with E-state index in [0.717, 1.165) is 0 Å². The standard InChI is InChI=1S/C8H6BrClN2O/c9-8-7(13)5-2-1-4(10)3-6(5)11-12-8/h1-5,8H. The topological polar surface area (TPSA) is 41.8 Å². The molecule has 13 heavy (non-hydrogen) atoms. The summed E-state index contributed by atoms with van der Waals surface area (Å²) in [6.45, 7) is 0. The summed E-state index contributed by atoms with van der Waals surface area (Å²) in [5.74, 6) is -0.252. The van der Waals surface area contributed by atoms with Crippen molar-refractivity contribution in [3.63, 3.8) is 0 Å². The minimum atomic E-state index is -0.508. The monoisotopic (exact) mass is 260 g/mol. The number of carbonyl (C=O) groups excluding carboxylic acids is 1. The van der Waals surface area contributed by atoms with Gasteiger partial charge in [-0.1, -0.05) is 28.1 Å². The SMILES string of the molecule is O=C1C(Br)N=NC2=CC(Cl)C=CC12. The molecule has 1 aliphatic carbocycles. The average molecular weight is 262 g/mol. The number of fused-ring (bicyclic) bond motifs is 1. The van der Waals surface area contributed by atoms with E-state index in [9.17, 15) is 4.79 Å². The van der Waals surface area contributed by atoms with E-state index in [1.54, 1.807) is 18.2 Å². The van der Waals surface area contributed by atoms with E-state index in [0.29, 0.717) is 5.70 Å². The molecule has 3 nitrogen and oxygen atoms in total. The van der Waals surface area contributed by atoms with Crippen LogP contribution in [0.15, 0.2) is 34.2 Å². The van der Waals surface area contributed by atoms with Crippen molar-refractivity contribution in [1.29, 1.82) is 0 Å². The van der Waals surface area contributed by atoms with Crippen LogP contribution in [0.2, 0.25) is 0 Å². The molecule has 0 amide bonds. The number of Topliss-reactive ketones (excluding diaryl/α,β-unsaturated/α-hetero) is 1. The van der Waals surface area contributed by atoms with Gasteiger partial charge in [-0.2, -0.15) is 10.2 Å². The molecule has 0 aromatic carbocycles. The van der Waals surface area contributed by atoms with E-state index in [1.165, 1.54) is 0 Å². The van der Waals surface area contributed by atoms with Crippen LogP contribution in [0.5, 0.6) is 0 Å². The van der Waals surface area contributed by atoms with E-state index in [2.05, 4.69) is 26.2 Å². The molecular weight excluding hydrogens is 255 g/mol. The summed E-state index contributed by atoms with van der Waals surface area (Å²) >= 11 is 8.96. The number of nitrogens with zero attached hydrogens (tertiary/aromatic N) is 2. The van der Waals surface area contributed by atoms with E-state index >= 15 is 0 Å². The highest BCUT2D eigenvalue weighted by Crippen LogP contribution is 2.30. The molecule has 0 N–H and O–H groups in total. The summed E-state index contributed by atoms with van der Waals surface area (Å²) in [4.78, 5) is 11.0. The summed E-state index contributed by atoms with van der Waals surface area (Å²) in [7, 11) is 0. The Hall–Kier alpha value is -0.480. The third-order valence-corrected chi connectivity index (χ3v) is 2.86. The zero-order valence-corrected chi connectivity index (χ0v) is 8.86. The van der Waals surface area contributed by atoms with Crippen molar-refractivity contribution in [1.82, 2.24) is 0 Å². The molecule has 68 valence electrons. The molecule has 0 aromatic heterocycles. The third-order valence-electron chi connectivity index (χ3n) is 1.95. The molecule has 0 bridgehead atoms. The van der Waals surface area contributed by atoms with Crippen molar-refractivity contribution in [2.24, 2.45) is 16.1 Å². The molecule has 3 atom stereocenters. The van der Waals surface area contributed by atoms with E-state index in [1.807, 2.05) is 0 Å². The van der Waals surface area contributed by atoms with Crippen molar-refractivity contribution in [3.8, 4) is 0 Å². The first-order chi connectivity index (χ1) is 6.18. The summed E-state index contributed by atoms with van der Waals surface area (Å²) in [6, 6.07) is 0. The van der Waals surface area contributed by atoms with Crippen LogP contribution in [-0.2, 0) is 4.79 Å². The second-order valence-electron chi connectivity index (χ2n) is 2.85. The van der Waals surface area contributed by atoms with Crippen LogP contribution in [0.4, 0.5) is 0 Å². The number of hydrogen-bond acceptors (Lipinski definition) is 3. The number of alkyl halides is 2. The van der Waals surface area contributed by atoms with E-state index in [4.69, 9.17) is 11.6 Å². The van der Waals surface area contributed by atoms with Crippen molar-refractivity contribution >= 4 is 33.3 Å². The van der Waals surface area contributed by atoms with Gasteiger partial charge >= 0.3 is 0 Å². The molecule has 5 heteroatoms.